The van der Waals surface area contributed by atoms with Crippen LogP contribution in [-0.4, -0.2) is 12.0 Å². The number of anilines is 1. The van der Waals surface area contributed by atoms with Crippen LogP contribution in [0.2, 0.25) is 0 Å². The zero-order chi connectivity index (χ0) is 19.1. The van der Waals surface area contributed by atoms with E-state index in [4.69, 9.17) is 4.74 Å². The third-order valence-corrected chi connectivity index (χ3v) is 5.56. The molecule has 4 aromatic carbocycles. The zero-order valence-corrected chi connectivity index (χ0v) is 15.7. The van der Waals surface area contributed by atoms with Gasteiger partial charge in [0.25, 0.3) is 5.91 Å². The first-order valence-electron chi connectivity index (χ1n) is 9.69. The number of ether oxygens (including phenoxy) is 1. The highest BCUT2D eigenvalue weighted by molar-refractivity contribution is 6.06. The Labute approximate surface area is 163 Å². The quantitative estimate of drug-likeness (QED) is 0.517. The lowest BCUT2D eigenvalue weighted by atomic mass is 10.0. The fourth-order valence-electron chi connectivity index (χ4n) is 4.13. The summed E-state index contributed by atoms with van der Waals surface area (Å²) < 4.78 is 6.02. The largest absolute Gasteiger partial charge is 0.480 e. The number of carbonyl (C=O) groups is 1. The minimum Gasteiger partial charge on any atom is -0.480 e. The van der Waals surface area contributed by atoms with Crippen molar-refractivity contribution in [2.75, 3.05) is 5.32 Å². The van der Waals surface area contributed by atoms with E-state index in [1.54, 1.807) is 6.92 Å². The van der Waals surface area contributed by atoms with Crippen molar-refractivity contribution in [3.63, 3.8) is 0 Å². The monoisotopic (exact) mass is 367 g/mol. The maximum absolute atomic E-state index is 12.8. The molecule has 0 spiro atoms. The van der Waals surface area contributed by atoms with Gasteiger partial charge in [-0.3, -0.25) is 4.79 Å². The van der Waals surface area contributed by atoms with E-state index in [2.05, 4.69) is 29.6 Å². The summed E-state index contributed by atoms with van der Waals surface area (Å²) in [6.07, 6.45) is 1.55. The minimum absolute atomic E-state index is 0.147. The molecule has 1 amide bonds. The van der Waals surface area contributed by atoms with Crippen LogP contribution in [0.3, 0.4) is 0 Å². The van der Waals surface area contributed by atoms with E-state index in [1.165, 1.54) is 16.5 Å². The molecule has 0 aliphatic heterocycles. The second-order valence-corrected chi connectivity index (χ2v) is 7.34. The summed E-state index contributed by atoms with van der Waals surface area (Å²) in [5, 5.41) is 7.58. The summed E-state index contributed by atoms with van der Waals surface area (Å²) in [4.78, 5) is 12.8. The fourth-order valence-corrected chi connectivity index (χ4v) is 4.13. The van der Waals surface area contributed by atoms with Crippen molar-refractivity contribution in [2.24, 2.45) is 0 Å². The van der Waals surface area contributed by atoms with E-state index in [0.717, 1.165) is 40.4 Å². The number of benzene rings is 4. The lowest BCUT2D eigenvalue weighted by Gasteiger charge is -2.17. The summed E-state index contributed by atoms with van der Waals surface area (Å²) in [7, 11) is 0. The van der Waals surface area contributed by atoms with Crippen LogP contribution in [-0.2, 0) is 17.6 Å². The van der Waals surface area contributed by atoms with Crippen molar-refractivity contribution >= 4 is 33.1 Å². The molecule has 5 rings (SSSR count). The smallest absolute Gasteiger partial charge is 0.265 e. The fraction of sp³-hybridized carbons (Fsp3) is 0.160. The van der Waals surface area contributed by atoms with Crippen LogP contribution >= 0.6 is 0 Å². The van der Waals surface area contributed by atoms with Gasteiger partial charge in [0.2, 0.25) is 0 Å². The maximum Gasteiger partial charge on any atom is 0.265 e. The Morgan fingerprint density at radius 3 is 2.46 bits per heavy atom. The second-order valence-electron chi connectivity index (χ2n) is 7.34. The van der Waals surface area contributed by atoms with Crippen molar-refractivity contribution in [3.8, 4) is 5.75 Å². The molecule has 3 nitrogen and oxygen atoms in total. The number of amides is 1. The predicted octanol–water partition coefficient (Wildman–Crippen LogP) is 5.50. The van der Waals surface area contributed by atoms with E-state index in [9.17, 15) is 4.79 Å². The molecule has 3 heteroatoms. The standard InChI is InChI=1S/C25H21NO2/c1-16(28-23-11-5-7-17-6-2-3-9-20(17)23)25(27)26-22-15-14-19-13-12-18-8-4-10-21(22)24(18)19/h2-11,14-16H,12-13H2,1H3,(H,26,27)/t16-/m1/s1. The summed E-state index contributed by atoms with van der Waals surface area (Å²) in [6, 6.07) is 24.4. The third kappa shape index (κ3) is 2.80. The molecule has 4 aromatic rings. The van der Waals surface area contributed by atoms with Crippen LogP contribution in [0, 0.1) is 0 Å². The van der Waals surface area contributed by atoms with E-state index in [-0.39, 0.29) is 5.91 Å². The van der Waals surface area contributed by atoms with Gasteiger partial charge >= 0.3 is 0 Å². The first-order valence-corrected chi connectivity index (χ1v) is 9.69. The summed E-state index contributed by atoms with van der Waals surface area (Å²) in [5.41, 5.74) is 3.58. The molecule has 1 aliphatic rings. The van der Waals surface area contributed by atoms with Crippen LogP contribution in [0.25, 0.3) is 21.5 Å². The van der Waals surface area contributed by atoms with E-state index >= 15 is 0 Å². The van der Waals surface area contributed by atoms with Gasteiger partial charge in [-0.2, -0.15) is 0 Å². The Balaban J connectivity index is 1.41. The molecule has 0 saturated carbocycles. The van der Waals surface area contributed by atoms with E-state index < -0.39 is 6.10 Å². The molecule has 0 unspecified atom stereocenters. The van der Waals surface area contributed by atoms with E-state index in [0.29, 0.717) is 0 Å². The molecular formula is C25H21NO2. The molecule has 0 heterocycles. The molecule has 0 radical (unpaired) electrons. The van der Waals surface area contributed by atoms with Crippen molar-refractivity contribution in [1.29, 1.82) is 0 Å². The molecular weight excluding hydrogens is 346 g/mol. The SMILES string of the molecule is C[C@@H](Oc1cccc2ccccc12)C(=O)Nc1ccc2c3c(cccc13)CC2. The molecule has 28 heavy (non-hydrogen) atoms. The Morgan fingerprint density at radius 1 is 0.857 bits per heavy atom. The van der Waals surface area contributed by atoms with Crippen LogP contribution < -0.4 is 10.1 Å². The van der Waals surface area contributed by atoms with Gasteiger partial charge in [-0.05, 0) is 53.8 Å². The molecule has 1 aliphatic carbocycles. The number of hydrogen-bond donors (Lipinski definition) is 1. The van der Waals surface area contributed by atoms with Gasteiger partial charge in [0.15, 0.2) is 6.10 Å². The highest BCUT2D eigenvalue weighted by Crippen LogP contribution is 2.35. The number of fused-ring (bicyclic) bond motifs is 1. The van der Waals surface area contributed by atoms with Crippen molar-refractivity contribution in [2.45, 2.75) is 25.9 Å². The molecule has 0 fully saturated rings. The first kappa shape index (κ1) is 16.8. The van der Waals surface area contributed by atoms with Gasteiger partial charge in [-0.1, -0.05) is 60.7 Å². The van der Waals surface area contributed by atoms with Crippen molar-refractivity contribution < 1.29 is 9.53 Å². The number of rotatable bonds is 4. The van der Waals surface area contributed by atoms with Gasteiger partial charge in [-0.25, -0.2) is 0 Å². The Hall–Kier alpha value is -3.33. The highest BCUT2D eigenvalue weighted by atomic mass is 16.5. The van der Waals surface area contributed by atoms with Crippen molar-refractivity contribution in [1.82, 2.24) is 0 Å². The van der Waals surface area contributed by atoms with Crippen LogP contribution in [0.5, 0.6) is 5.75 Å². The Morgan fingerprint density at radius 2 is 1.57 bits per heavy atom. The highest BCUT2D eigenvalue weighted by Gasteiger charge is 2.20. The Bertz CT molecular complexity index is 1200. The lowest BCUT2D eigenvalue weighted by molar-refractivity contribution is -0.122. The molecule has 1 atom stereocenters. The van der Waals surface area contributed by atoms with Gasteiger partial charge in [0.05, 0.1) is 0 Å². The predicted molar refractivity (Wildman–Crippen MR) is 114 cm³/mol. The van der Waals surface area contributed by atoms with Crippen LogP contribution in [0.4, 0.5) is 5.69 Å². The number of aryl methyl sites for hydroxylation is 2. The maximum atomic E-state index is 12.8. The molecule has 138 valence electrons. The van der Waals surface area contributed by atoms with Crippen LogP contribution in [0.15, 0.2) is 72.8 Å². The molecule has 0 bridgehead atoms. The average Bonchev–Trinajstić information content (AvgIpc) is 3.15. The van der Waals surface area contributed by atoms with Crippen LogP contribution in [0.1, 0.15) is 18.1 Å². The topological polar surface area (TPSA) is 38.3 Å². The molecule has 0 aromatic heterocycles. The van der Waals surface area contributed by atoms with Gasteiger partial charge < -0.3 is 10.1 Å². The zero-order valence-electron chi connectivity index (χ0n) is 15.7. The summed E-state index contributed by atoms with van der Waals surface area (Å²) >= 11 is 0. The number of nitrogens with one attached hydrogen (secondary N) is 1. The normalized spacial score (nSPS) is 13.6. The molecule has 1 N–H and O–H groups in total. The van der Waals surface area contributed by atoms with Crippen molar-refractivity contribution in [3.05, 3.63) is 83.9 Å². The first-order chi connectivity index (χ1) is 13.7. The summed E-state index contributed by atoms with van der Waals surface area (Å²) in [5.74, 6) is 0.577. The number of carbonyl (C=O) groups excluding carboxylic acids is 1. The van der Waals surface area contributed by atoms with Gasteiger partial charge in [0.1, 0.15) is 5.75 Å². The van der Waals surface area contributed by atoms with Gasteiger partial charge in [0, 0.05) is 16.5 Å². The Kier molecular flexibility index (Phi) is 4.01. The molecule has 0 saturated heterocycles. The summed E-state index contributed by atoms with van der Waals surface area (Å²) in [6.45, 7) is 1.79. The third-order valence-electron chi connectivity index (χ3n) is 5.56. The van der Waals surface area contributed by atoms with E-state index in [1.807, 2.05) is 48.5 Å². The minimum atomic E-state index is -0.603. The van der Waals surface area contributed by atoms with Gasteiger partial charge in [-0.15, -0.1) is 0 Å². The second kappa shape index (κ2) is 6.68. The lowest BCUT2D eigenvalue weighted by Crippen LogP contribution is -2.30. The number of hydrogen-bond acceptors (Lipinski definition) is 2. The average molecular weight is 367 g/mol.